The van der Waals surface area contributed by atoms with E-state index in [1.165, 1.54) is 18.3 Å². The predicted octanol–water partition coefficient (Wildman–Crippen LogP) is 3.50. The minimum atomic E-state index is -0.995. The molecule has 0 fully saturated rings. The van der Waals surface area contributed by atoms with E-state index < -0.39 is 5.97 Å². The first-order chi connectivity index (χ1) is 9.11. The number of nitrogens with zero attached hydrogens (tertiary/aromatic N) is 1. The second-order valence-corrected chi connectivity index (χ2v) is 4.22. The molecule has 0 aliphatic rings. The van der Waals surface area contributed by atoms with E-state index in [0.29, 0.717) is 28.6 Å². The molecule has 1 aromatic heterocycles. The summed E-state index contributed by atoms with van der Waals surface area (Å²) in [5.74, 6) is -0.323. The summed E-state index contributed by atoms with van der Waals surface area (Å²) >= 11 is 6.16. The molecule has 0 atom stereocenters. The summed E-state index contributed by atoms with van der Waals surface area (Å²) < 4.78 is 5.34. The van der Waals surface area contributed by atoms with Crippen molar-refractivity contribution in [1.82, 2.24) is 4.98 Å². The van der Waals surface area contributed by atoms with Crippen LogP contribution in [0, 0.1) is 0 Å². The van der Waals surface area contributed by atoms with Crippen molar-refractivity contribution in [2.24, 2.45) is 0 Å². The molecule has 2 rings (SSSR count). The third-order valence-corrected chi connectivity index (χ3v) is 2.85. The topological polar surface area (TPSA) is 59.4 Å². The van der Waals surface area contributed by atoms with E-state index in [-0.39, 0.29) is 5.56 Å². The second-order valence-electron chi connectivity index (χ2n) is 3.81. The van der Waals surface area contributed by atoms with Gasteiger partial charge in [-0.05, 0) is 37.3 Å². The number of aromatic carboxylic acids is 1. The summed E-state index contributed by atoms with van der Waals surface area (Å²) in [5.41, 5.74) is 1.37. The number of aromatic nitrogens is 1. The largest absolute Gasteiger partial charge is 0.494 e. The van der Waals surface area contributed by atoms with Gasteiger partial charge in [-0.2, -0.15) is 0 Å². The number of halogens is 1. The Labute approximate surface area is 115 Å². The monoisotopic (exact) mass is 277 g/mol. The molecule has 0 aliphatic heterocycles. The molecule has 98 valence electrons. The summed E-state index contributed by atoms with van der Waals surface area (Å²) in [7, 11) is 0. The van der Waals surface area contributed by atoms with Crippen LogP contribution in [-0.4, -0.2) is 22.7 Å². The number of carboxylic acids is 1. The zero-order valence-electron chi connectivity index (χ0n) is 10.3. The highest BCUT2D eigenvalue weighted by Gasteiger charge is 2.09. The van der Waals surface area contributed by atoms with E-state index in [1.54, 1.807) is 18.2 Å². The van der Waals surface area contributed by atoms with Gasteiger partial charge in [0.15, 0.2) is 0 Å². The fourth-order valence-electron chi connectivity index (χ4n) is 1.67. The van der Waals surface area contributed by atoms with E-state index in [1.807, 2.05) is 6.92 Å². The first-order valence-electron chi connectivity index (χ1n) is 5.74. The summed E-state index contributed by atoms with van der Waals surface area (Å²) in [5, 5.41) is 9.43. The highest BCUT2D eigenvalue weighted by molar-refractivity contribution is 6.33. The molecular weight excluding hydrogens is 266 g/mol. The molecular formula is C14H12ClNO3. The number of hydrogen-bond acceptors (Lipinski definition) is 3. The molecule has 1 heterocycles. The smallest absolute Gasteiger partial charge is 0.335 e. The van der Waals surface area contributed by atoms with Crippen LogP contribution in [0.5, 0.6) is 5.75 Å². The van der Waals surface area contributed by atoms with Crippen LogP contribution in [0.3, 0.4) is 0 Å². The highest BCUT2D eigenvalue weighted by Crippen LogP contribution is 2.30. The summed E-state index contributed by atoms with van der Waals surface area (Å²) in [6, 6.07) is 8.16. The number of rotatable bonds is 4. The fourth-order valence-corrected chi connectivity index (χ4v) is 1.94. The van der Waals surface area contributed by atoms with Crippen molar-refractivity contribution in [3.63, 3.8) is 0 Å². The Morgan fingerprint density at radius 1 is 1.37 bits per heavy atom. The van der Waals surface area contributed by atoms with Gasteiger partial charge in [0.05, 0.1) is 22.9 Å². The van der Waals surface area contributed by atoms with Crippen LogP contribution in [-0.2, 0) is 0 Å². The Bertz CT molecular complexity index is 613. The van der Waals surface area contributed by atoms with Crippen LogP contribution in [0.15, 0.2) is 36.5 Å². The minimum absolute atomic E-state index is 0.176. The lowest BCUT2D eigenvalue weighted by molar-refractivity contribution is 0.0697. The average Bonchev–Trinajstić information content (AvgIpc) is 2.39. The normalized spacial score (nSPS) is 10.2. The van der Waals surface area contributed by atoms with E-state index in [4.69, 9.17) is 21.4 Å². The maximum atomic E-state index is 10.9. The van der Waals surface area contributed by atoms with Crippen molar-refractivity contribution in [3.8, 4) is 17.0 Å². The maximum absolute atomic E-state index is 10.9. The van der Waals surface area contributed by atoms with Crippen molar-refractivity contribution >= 4 is 17.6 Å². The number of hydrogen-bond donors (Lipinski definition) is 1. The Balaban J connectivity index is 2.41. The second kappa shape index (κ2) is 5.71. The molecule has 0 saturated heterocycles. The van der Waals surface area contributed by atoms with Crippen LogP contribution < -0.4 is 4.74 Å². The first-order valence-corrected chi connectivity index (χ1v) is 6.11. The summed E-state index contributed by atoms with van der Waals surface area (Å²) in [4.78, 5) is 15.1. The minimum Gasteiger partial charge on any atom is -0.494 e. The molecule has 0 saturated carbocycles. The third-order valence-electron chi connectivity index (χ3n) is 2.53. The molecule has 0 bridgehead atoms. The Kier molecular flexibility index (Phi) is 4.02. The SMILES string of the molecule is CCOc1ccc(-c2cc(C(=O)O)ccn2)c(Cl)c1. The third kappa shape index (κ3) is 3.03. The van der Waals surface area contributed by atoms with Crippen molar-refractivity contribution in [3.05, 3.63) is 47.1 Å². The maximum Gasteiger partial charge on any atom is 0.335 e. The fraction of sp³-hybridized carbons (Fsp3) is 0.143. The van der Waals surface area contributed by atoms with Gasteiger partial charge in [-0.25, -0.2) is 4.79 Å². The van der Waals surface area contributed by atoms with Crippen LogP contribution in [0.2, 0.25) is 5.02 Å². The molecule has 2 aromatic rings. The van der Waals surface area contributed by atoms with Gasteiger partial charge in [0.1, 0.15) is 5.75 Å². The molecule has 0 radical (unpaired) electrons. The summed E-state index contributed by atoms with van der Waals surface area (Å²) in [6.07, 6.45) is 1.45. The lowest BCUT2D eigenvalue weighted by atomic mass is 10.1. The molecule has 0 spiro atoms. The van der Waals surface area contributed by atoms with Gasteiger partial charge in [0.2, 0.25) is 0 Å². The van der Waals surface area contributed by atoms with E-state index in [0.717, 1.165) is 0 Å². The molecule has 5 heteroatoms. The summed E-state index contributed by atoms with van der Waals surface area (Å²) in [6.45, 7) is 2.45. The van der Waals surface area contributed by atoms with E-state index in [2.05, 4.69) is 4.98 Å². The Morgan fingerprint density at radius 2 is 2.16 bits per heavy atom. The van der Waals surface area contributed by atoms with Crippen molar-refractivity contribution in [1.29, 1.82) is 0 Å². The quantitative estimate of drug-likeness (QED) is 0.929. The van der Waals surface area contributed by atoms with Crippen molar-refractivity contribution in [2.45, 2.75) is 6.92 Å². The lowest BCUT2D eigenvalue weighted by Crippen LogP contribution is -1.97. The Hall–Kier alpha value is -2.07. The van der Waals surface area contributed by atoms with Gasteiger partial charge in [-0.3, -0.25) is 4.98 Å². The van der Waals surface area contributed by atoms with E-state index in [9.17, 15) is 4.79 Å². The van der Waals surface area contributed by atoms with Crippen LogP contribution in [0.25, 0.3) is 11.3 Å². The molecule has 0 aliphatic carbocycles. The van der Waals surface area contributed by atoms with Crippen LogP contribution >= 0.6 is 11.6 Å². The Morgan fingerprint density at radius 3 is 2.79 bits per heavy atom. The highest BCUT2D eigenvalue weighted by atomic mass is 35.5. The number of ether oxygens (including phenoxy) is 1. The van der Waals surface area contributed by atoms with Crippen molar-refractivity contribution in [2.75, 3.05) is 6.61 Å². The van der Waals surface area contributed by atoms with Gasteiger partial charge in [0.25, 0.3) is 0 Å². The zero-order valence-corrected chi connectivity index (χ0v) is 11.0. The predicted molar refractivity (Wildman–Crippen MR) is 72.8 cm³/mol. The molecule has 0 unspecified atom stereocenters. The number of carbonyl (C=O) groups is 1. The number of benzene rings is 1. The first kappa shape index (κ1) is 13.4. The molecule has 1 N–H and O–H groups in total. The van der Waals surface area contributed by atoms with Gasteiger partial charge < -0.3 is 9.84 Å². The lowest BCUT2D eigenvalue weighted by Gasteiger charge is -2.08. The van der Waals surface area contributed by atoms with Gasteiger partial charge in [-0.1, -0.05) is 11.6 Å². The number of pyridine rings is 1. The van der Waals surface area contributed by atoms with Crippen LogP contribution in [0.1, 0.15) is 17.3 Å². The molecule has 0 amide bonds. The number of carboxylic acid groups (broad SMARTS) is 1. The van der Waals surface area contributed by atoms with Gasteiger partial charge >= 0.3 is 5.97 Å². The zero-order chi connectivity index (χ0) is 13.8. The molecule has 19 heavy (non-hydrogen) atoms. The molecule has 1 aromatic carbocycles. The average molecular weight is 278 g/mol. The van der Waals surface area contributed by atoms with Crippen LogP contribution in [0.4, 0.5) is 0 Å². The standard InChI is InChI=1S/C14H12ClNO3/c1-2-19-10-3-4-11(12(15)8-10)13-7-9(14(17)18)5-6-16-13/h3-8H,2H2,1H3,(H,17,18). The molecule has 4 nitrogen and oxygen atoms in total. The van der Waals surface area contributed by atoms with Crippen molar-refractivity contribution < 1.29 is 14.6 Å². The van der Waals surface area contributed by atoms with Gasteiger partial charge in [-0.15, -0.1) is 0 Å². The van der Waals surface area contributed by atoms with Gasteiger partial charge in [0, 0.05) is 11.8 Å². The van der Waals surface area contributed by atoms with E-state index >= 15 is 0 Å².